The van der Waals surface area contributed by atoms with E-state index in [9.17, 15) is 13.2 Å². The van der Waals surface area contributed by atoms with Crippen LogP contribution < -0.4 is 10.1 Å². The molecule has 1 N–H and O–H groups in total. The number of rotatable bonds is 9. The third-order valence-corrected chi connectivity index (χ3v) is 7.75. The highest BCUT2D eigenvalue weighted by molar-refractivity contribution is 7.89. The zero-order valence-electron chi connectivity index (χ0n) is 17.1. The average molecular weight is 485 g/mol. The van der Waals surface area contributed by atoms with Gasteiger partial charge in [-0.1, -0.05) is 35.7 Å². The van der Waals surface area contributed by atoms with Gasteiger partial charge >= 0.3 is 0 Å². The lowest BCUT2D eigenvalue weighted by Gasteiger charge is -2.25. The van der Waals surface area contributed by atoms with Crippen molar-refractivity contribution in [2.45, 2.75) is 37.0 Å². The van der Waals surface area contributed by atoms with Crippen molar-refractivity contribution in [3.63, 3.8) is 0 Å². The standard InChI is InChI=1S/C22H26Cl2N2O4S/c23-20-5-4-6-21(24)19(20)11-12-22(27)25-13-16-30-17-7-9-18(10-8-17)31(28,29)26-14-2-1-3-15-26/h4-10H,1-3,11-16H2,(H,25,27). The molecule has 31 heavy (non-hydrogen) atoms. The lowest BCUT2D eigenvalue weighted by molar-refractivity contribution is -0.121. The minimum atomic E-state index is -3.45. The maximum atomic E-state index is 12.7. The second-order valence-corrected chi connectivity index (χ2v) is 10.1. The molecule has 0 atom stereocenters. The first-order chi connectivity index (χ1) is 14.9. The molecule has 2 aromatic carbocycles. The van der Waals surface area contributed by atoms with E-state index in [0.29, 0.717) is 41.8 Å². The Morgan fingerprint density at radius 1 is 1.00 bits per heavy atom. The molecule has 2 aromatic rings. The highest BCUT2D eigenvalue weighted by atomic mass is 35.5. The number of hydrogen-bond donors (Lipinski definition) is 1. The molecule has 0 unspecified atom stereocenters. The summed E-state index contributed by atoms with van der Waals surface area (Å²) in [7, 11) is -3.45. The molecule has 0 radical (unpaired) electrons. The number of amides is 1. The van der Waals surface area contributed by atoms with Crippen molar-refractivity contribution >= 4 is 39.1 Å². The molecular formula is C22H26Cl2N2O4S. The fraction of sp³-hybridized carbons (Fsp3) is 0.409. The van der Waals surface area contributed by atoms with Gasteiger partial charge in [-0.15, -0.1) is 0 Å². The molecule has 0 aliphatic carbocycles. The minimum absolute atomic E-state index is 0.123. The Morgan fingerprint density at radius 2 is 1.65 bits per heavy atom. The topological polar surface area (TPSA) is 75.7 Å². The van der Waals surface area contributed by atoms with E-state index in [4.69, 9.17) is 27.9 Å². The minimum Gasteiger partial charge on any atom is -0.492 e. The molecule has 1 saturated heterocycles. The van der Waals surface area contributed by atoms with Crippen molar-refractivity contribution in [2.75, 3.05) is 26.2 Å². The van der Waals surface area contributed by atoms with Crippen LogP contribution in [0.15, 0.2) is 47.4 Å². The number of benzene rings is 2. The van der Waals surface area contributed by atoms with Gasteiger partial charge in [0.15, 0.2) is 0 Å². The van der Waals surface area contributed by atoms with Crippen molar-refractivity contribution < 1.29 is 17.9 Å². The van der Waals surface area contributed by atoms with Gasteiger partial charge in [-0.2, -0.15) is 4.31 Å². The summed E-state index contributed by atoms with van der Waals surface area (Å²) in [5, 5.41) is 3.89. The summed E-state index contributed by atoms with van der Waals surface area (Å²) in [5.74, 6) is 0.428. The highest BCUT2D eigenvalue weighted by Crippen LogP contribution is 2.25. The van der Waals surface area contributed by atoms with Gasteiger partial charge in [0.2, 0.25) is 15.9 Å². The summed E-state index contributed by atoms with van der Waals surface area (Å²) in [5.41, 5.74) is 0.761. The van der Waals surface area contributed by atoms with Crippen LogP contribution in [-0.4, -0.2) is 44.9 Å². The number of sulfonamides is 1. The molecule has 9 heteroatoms. The first kappa shape index (κ1) is 23.9. The van der Waals surface area contributed by atoms with E-state index in [-0.39, 0.29) is 23.8 Å². The summed E-state index contributed by atoms with van der Waals surface area (Å²) in [4.78, 5) is 12.3. The number of nitrogens with one attached hydrogen (secondary N) is 1. The number of halogens is 2. The van der Waals surface area contributed by atoms with Crippen LogP contribution in [0.3, 0.4) is 0 Å². The first-order valence-electron chi connectivity index (χ1n) is 10.3. The lowest BCUT2D eigenvalue weighted by atomic mass is 10.1. The fourth-order valence-electron chi connectivity index (χ4n) is 3.42. The van der Waals surface area contributed by atoms with E-state index in [0.717, 1.165) is 24.8 Å². The molecule has 1 amide bonds. The molecule has 1 aliphatic heterocycles. The Labute approximate surface area is 193 Å². The summed E-state index contributed by atoms with van der Waals surface area (Å²) < 4.78 is 32.5. The number of hydrogen-bond acceptors (Lipinski definition) is 4. The number of piperidine rings is 1. The van der Waals surface area contributed by atoms with E-state index in [2.05, 4.69) is 5.32 Å². The van der Waals surface area contributed by atoms with Gasteiger partial charge in [0.05, 0.1) is 11.4 Å². The van der Waals surface area contributed by atoms with Crippen LogP contribution in [0, 0.1) is 0 Å². The number of ether oxygens (including phenoxy) is 1. The Balaban J connectivity index is 1.41. The largest absolute Gasteiger partial charge is 0.492 e. The van der Waals surface area contributed by atoms with Crippen LogP contribution in [0.2, 0.25) is 10.0 Å². The predicted molar refractivity (Wildman–Crippen MR) is 122 cm³/mol. The molecule has 6 nitrogen and oxygen atoms in total. The Kier molecular flexibility index (Phi) is 8.60. The van der Waals surface area contributed by atoms with Gasteiger partial charge in [-0.3, -0.25) is 4.79 Å². The Hall–Kier alpha value is -1.80. The second-order valence-electron chi connectivity index (χ2n) is 7.33. The SMILES string of the molecule is O=C(CCc1c(Cl)cccc1Cl)NCCOc1ccc(S(=O)(=O)N2CCCCC2)cc1. The molecule has 0 bridgehead atoms. The van der Waals surface area contributed by atoms with Crippen LogP contribution in [0.25, 0.3) is 0 Å². The molecule has 1 heterocycles. The van der Waals surface area contributed by atoms with Crippen LogP contribution in [0.4, 0.5) is 0 Å². The molecule has 168 valence electrons. The number of nitrogens with zero attached hydrogens (tertiary/aromatic N) is 1. The molecule has 1 aliphatic rings. The van der Waals surface area contributed by atoms with Crippen LogP contribution in [-0.2, 0) is 21.2 Å². The molecule has 0 saturated carbocycles. The van der Waals surface area contributed by atoms with Gasteiger partial charge in [-0.05, 0) is 61.2 Å². The Morgan fingerprint density at radius 3 is 2.29 bits per heavy atom. The predicted octanol–water partition coefficient (Wildman–Crippen LogP) is 4.30. The highest BCUT2D eigenvalue weighted by Gasteiger charge is 2.25. The van der Waals surface area contributed by atoms with E-state index in [1.165, 1.54) is 4.31 Å². The lowest BCUT2D eigenvalue weighted by Crippen LogP contribution is -2.35. The number of carbonyl (C=O) groups is 1. The van der Waals surface area contributed by atoms with Gasteiger partial charge in [-0.25, -0.2) is 8.42 Å². The first-order valence-corrected chi connectivity index (χ1v) is 12.5. The van der Waals surface area contributed by atoms with Crippen molar-refractivity contribution in [3.05, 3.63) is 58.1 Å². The monoisotopic (exact) mass is 484 g/mol. The van der Waals surface area contributed by atoms with Crippen LogP contribution in [0.5, 0.6) is 5.75 Å². The Bertz CT molecular complexity index is 971. The summed E-state index contributed by atoms with van der Waals surface area (Å²) >= 11 is 12.2. The van der Waals surface area contributed by atoms with E-state index in [1.807, 2.05) is 0 Å². The maximum Gasteiger partial charge on any atom is 0.243 e. The normalized spacial score (nSPS) is 14.9. The molecule has 0 aromatic heterocycles. The summed E-state index contributed by atoms with van der Waals surface area (Å²) in [6.45, 7) is 1.76. The smallest absolute Gasteiger partial charge is 0.243 e. The van der Waals surface area contributed by atoms with Crippen molar-refractivity contribution in [2.24, 2.45) is 0 Å². The quantitative estimate of drug-likeness (QED) is 0.538. The van der Waals surface area contributed by atoms with Crippen LogP contribution >= 0.6 is 23.2 Å². The number of carbonyl (C=O) groups excluding carboxylic acids is 1. The van der Waals surface area contributed by atoms with Gasteiger partial charge in [0, 0.05) is 29.6 Å². The van der Waals surface area contributed by atoms with E-state index < -0.39 is 10.0 Å². The van der Waals surface area contributed by atoms with Gasteiger partial charge in [0.25, 0.3) is 0 Å². The second kappa shape index (κ2) is 11.2. The van der Waals surface area contributed by atoms with Crippen molar-refractivity contribution in [3.8, 4) is 5.75 Å². The molecule has 3 rings (SSSR count). The van der Waals surface area contributed by atoms with Crippen LogP contribution in [0.1, 0.15) is 31.2 Å². The van der Waals surface area contributed by atoms with Gasteiger partial charge < -0.3 is 10.1 Å². The summed E-state index contributed by atoms with van der Waals surface area (Å²) in [6.07, 6.45) is 3.60. The van der Waals surface area contributed by atoms with E-state index in [1.54, 1.807) is 42.5 Å². The molecular weight excluding hydrogens is 459 g/mol. The average Bonchev–Trinajstić information content (AvgIpc) is 2.77. The fourth-order valence-corrected chi connectivity index (χ4v) is 5.52. The molecule has 0 spiro atoms. The summed E-state index contributed by atoms with van der Waals surface area (Å²) in [6, 6.07) is 11.7. The van der Waals surface area contributed by atoms with Crippen molar-refractivity contribution in [1.82, 2.24) is 9.62 Å². The third kappa shape index (κ3) is 6.59. The van der Waals surface area contributed by atoms with Gasteiger partial charge in [0.1, 0.15) is 12.4 Å². The third-order valence-electron chi connectivity index (χ3n) is 5.13. The zero-order valence-corrected chi connectivity index (χ0v) is 19.5. The molecule has 1 fully saturated rings. The van der Waals surface area contributed by atoms with Crippen molar-refractivity contribution in [1.29, 1.82) is 0 Å². The van der Waals surface area contributed by atoms with E-state index >= 15 is 0 Å². The zero-order chi connectivity index (χ0) is 22.3. The maximum absolute atomic E-state index is 12.7.